The van der Waals surface area contributed by atoms with E-state index in [0.29, 0.717) is 12.0 Å². The van der Waals surface area contributed by atoms with Gasteiger partial charge in [-0.2, -0.15) is 0 Å². The molecule has 0 fully saturated rings. The number of para-hydroxylation sites is 1. The van der Waals surface area contributed by atoms with E-state index >= 15 is 0 Å². The fourth-order valence-corrected chi connectivity index (χ4v) is 4.43. The summed E-state index contributed by atoms with van der Waals surface area (Å²) >= 11 is 0.245. The number of pyridine rings is 1. The number of hydrogen-bond donors (Lipinski definition) is 2. The maximum Gasteiger partial charge on any atom is 0.229 e. The van der Waals surface area contributed by atoms with Crippen LogP contribution in [0.25, 0.3) is 0 Å². The van der Waals surface area contributed by atoms with Gasteiger partial charge in [-0.3, -0.25) is 4.99 Å². The lowest BCUT2D eigenvalue weighted by Crippen LogP contribution is -2.23. The molecule has 1 aliphatic rings. The van der Waals surface area contributed by atoms with Crippen LogP contribution in [-0.2, 0) is 0 Å². The summed E-state index contributed by atoms with van der Waals surface area (Å²) in [6.07, 6.45) is 2.62. The summed E-state index contributed by atoms with van der Waals surface area (Å²) in [7, 11) is 0. The Kier molecular flexibility index (Phi) is 4.43. The van der Waals surface area contributed by atoms with E-state index in [9.17, 15) is 4.55 Å². The van der Waals surface area contributed by atoms with Crippen LogP contribution < -0.4 is 16.1 Å². The Hall–Kier alpha value is -2.36. The maximum atomic E-state index is 11.3. The molecule has 0 bridgehead atoms. The number of aromatic amines is 1. The Morgan fingerprint density at radius 2 is 2.08 bits per heavy atom. The molecule has 1 atom stereocenters. The number of benzene rings is 1. The first-order valence-corrected chi connectivity index (χ1v) is 9.71. The fourth-order valence-electron chi connectivity index (χ4n) is 2.71. The Morgan fingerprint density at radius 3 is 2.92 bits per heavy atom. The monoisotopic (exact) mass is 372 g/mol. The molecule has 4 rings (SSSR count). The van der Waals surface area contributed by atoms with Gasteiger partial charge in [0.05, 0.1) is 10.6 Å². The molecule has 3 heterocycles. The molecule has 1 aromatic carbocycles. The Balaban J connectivity index is 1.54. The van der Waals surface area contributed by atoms with E-state index in [-0.39, 0.29) is 5.82 Å². The van der Waals surface area contributed by atoms with Crippen LogP contribution in [0.2, 0.25) is 0 Å². The van der Waals surface area contributed by atoms with Gasteiger partial charge in [0.1, 0.15) is 5.82 Å². The van der Waals surface area contributed by atoms with Crippen LogP contribution in [0.5, 0.6) is 0 Å². The van der Waals surface area contributed by atoms with Gasteiger partial charge in [0.15, 0.2) is 11.1 Å². The molecular weight excluding hydrogens is 356 g/mol. The van der Waals surface area contributed by atoms with Gasteiger partial charge in [-0.1, -0.05) is 23.9 Å². The summed E-state index contributed by atoms with van der Waals surface area (Å²) < 4.78 is 17.6. The number of H-pyrrole nitrogens is 1. The first-order chi connectivity index (χ1) is 12.2. The Bertz CT molecular complexity index is 922. The van der Waals surface area contributed by atoms with Crippen molar-refractivity contribution in [3.05, 3.63) is 48.1 Å². The topological polar surface area (TPSA) is 106 Å². The van der Waals surface area contributed by atoms with Gasteiger partial charge in [0.25, 0.3) is 0 Å². The summed E-state index contributed by atoms with van der Waals surface area (Å²) in [5.41, 5.74) is 7.23. The largest absolute Gasteiger partial charge is 0.548 e. The van der Waals surface area contributed by atoms with Crippen molar-refractivity contribution >= 4 is 40.2 Å². The predicted molar refractivity (Wildman–Crippen MR) is 98.5 cm³/mol. The molecular formula is C16H16N6OS2. The molecule has 7 nitrogen and oxygen atoms in total. The zero-order chi connectivity index (χ0) is 17.2. The quantitative estimate of drug-likeness (QED) is 0.539. The number of aromatic nitrogens is 3. The lowest BCUT2D eigenvalue weighted by Gasteiger charge is -2.31. The van der Waals surface area contributed by atoms with Crippen LogP contribution in [0.3, 0.4) is 0 Å². The average molecular weight is 372 g/mol. The smallest absolute Gasteiger partial charge is 0.229 e. The lowest BCUT2D eigenvalue weighted by molar-refractivity contribution is 0.584. The highest BCUT2D eigenvalue weighted by molar-refractivity contribution is 7.99. The van der Waals surface area contributed by atoms with Crippen molar-refractivity contribution in [3.63, 3.8) is 0 Å². The van der Waals surface area contributed by atoms with Gasteiger partial charge in [0, 0.05) is 28.6 Å². The highest BCUT2D eigenvalue weighted by atomic mass is 32.2. The van der Waals surface area contributed by atoms with Crippen LogP contribution in [0.4, 0.5) is 17.3 Å². The van der Waals surface area contributed by atoms with E-state index in [1.54, 1.807) is 11.8 Å². The second kappa shape index (κ2) is 6.87. The first kappa shape index (κ1) is 16.1. The summed E-state index contributed by atoms with van der Waals surface area (Å²) in [6.45, 7) is 1.34. The minimum atomic E-state index is -1.49. The molecule has 2 aromatic heterocycles. The highest BCUT2D eigenvalue weighted by Gasteiger charge is 2.23. The molecule has 0 saturated carbocycles. The summed E-state index contributed by atoms with van der Waals surface area (Å²) in [6, 6.07) is 12.4. The standard InChI is InChI=1S/C16H16N6OS2/c17-14-15(21-25(23)20-14)18-9-4-10-22-11-5-1-2-6-12(11)24-13-7-3-8-19-16(13)22/h1-3,5-8H,4,9-10H2,(H2,17,20)(H,18,21). The summed E-state index contributed by atoms with van der Waals surface area (Å²) in [5, 5.41) is 0. The van der Waals surface area contributed by atoms with E-state index < -0.39 is 11.1 Å². The van der Waals surface area contributed by atoms with Crippen molar-refractivity contribution in [2.75, 3.05) is 23.7 Å². The number of nitrogens with one attached hydrogen (secondary N) is 1. The van der Waals surface area contributed by atoms with Crippen LogP contribution in [0, 0.1) is 0 Å². The van der Waals surface area contributed by atoms with Crippen molar-refractivity contribution in [2.45, 2.75) is 16.2 Å². The SMILES string of the molecule is Nc1n[s+]([O-])[nH]c1=NCCCN1c2ccccc2Sc2cccnc21. The zero-order valence-electron chi connectivity index (χ0n) is 13.3. The molecule has 0 amide bonds. The van der Waals surface area contributed by atoms with Crippen molar-refractivity contribution < 1.29 is 4.55 Å². The normalized spacial score (nSPS) is 14.4. The van der Waals surface area contributed by atoms with Gasteiger partial charge in [-0.25, -0.2) is 4.98 Å². The van der Waals surface area contributed by atoms with E-state index in [2.05, 4.69) is 41.8 Å². The maximum absolute atomic E-state index is 11.3. The molecule has 1 aliphatic heterocycles. The lowest BCUT2D eigenvalue weighted by atomic mass is 10.2. The molecule has 3 N–H and O–H groups in total. The van der Waals surface area contributed by atoms with Gasteiger partial charge < -0.3 is 15.2 Å². The predicted octanol–water partition coefficient (Wildman–Crippen LogP) is 2.71. The molecule has 0 aliphatic carbocycles. The van der Waals surface area contributed by atoms with E-state index in [4.69, 9.17) is 5.73 Å². The Labute approximate surface area is 151 Å². The molecule has 9 heteroatoms. The number of rotatable bonds is 4. The second-order valence-electron chi connectivity index (χ2n) is 5.46. The van der Waals surface area contributed by atoms with Crippen LogP contribution >= 0.6 is 22.9 Å². The molecule has 0 spiro atoms. The van der Waals surface area contributed by atoms with Crippen LogP contribution in [-0.4, -0.2) is 31.4 Å². The fraction of sp³-hybridized carbons (Fsp3) is 0.188. The minimum absolute atomic E-state index is 0.199. The number of hydrogen-bond acceptors (Lipinski definition) is 7. The number of nitrogen functional groups attached to an aromatic ring is 1. The Morgan fingerprint density at radius 1 is 1.24 bits per heavy atom. The number of fused-ring (bicyclic) bond motifs is 2. The third-order valence-electron chi connectivity index (χ3n) is 3.80. The van der Waals surface area contributed by atoms with Crippen molar-refractivity contribution in [2.24, 2.45) is 4.99 Å². The molecule has 1 unspecified atom stereocenters. The van der Waals surface area contributed by atoms with Gasteiger partial charge in [-0.15, -0.1) is 4.37 Å². The summed E-state index contributed by atoms with van der Waals surface area (Å²) in [4.78, 5) is 13.5. The zero-order valence-corrected chi connectivity index (χ0v) is 14.9. The van der Waals surface area contributed by atoms with E-state index in [0.717, 1.165) is 29.4 Å². The van der Waals surface area contributed by atoms with Crippen molar-refractivity contribution in [3.8, 4) is 0 Å². The minimum Gasteiger partial charge on any atom is -0.548 e. The highest BCUT2D eigenvalue weighted by Crippen LogP contribution is 2.46. The molecule has 0 radical (unpaired) electrons. The number of nitrogens with zero attached hydrogens (tertiary/aromatic N) is 4. The summed E-state index contributed by atoms with van der Waals surface area (Å²) in [5.74, 6) is 1.17. The van der Waals surface area contributed by atoms with Crippen molar-refractivity contribution in [1.29, 1.82) is 0 Å². The molecule has 3 aromatic rings. The van der Waals surface area contributed by atoms with Crippen LogP contribution in [0.1, 0.15) is 6.42 Å². The third kappa shape index (κ3) is 3.26. The van der Waals surface area contributed by atoms with E-state index in [1.165, 1.54) is 4.90 Å². The van der Waals surface area contributed by atoms with Gasteiger partial charge in [0.2, 0.25) is 11.3 Å². The number of nitrogens with two attached hydrogens (primary N) is 1. The number of anilines is 3. The second-order valence-corrected chi connectivity index (χ2v) is 7.43. The molecule has 25 heavy (non-hydrogen) atoms. The molecule has 128 valence electrons. The first-order valence-electron chi connectivity index (χ1n) is 7.79. The average Bonchev–Trinajstić information content (AvgIpc) is 2.95. The third-order valence-corrected chi connectivity index (χ3v) is 5.63. The van der Waals surface area contributed by atoms with Crippen molar-refractivity contribution in [1.82, 2.24) is 13.7 Å². The van der Waals surface area contributed by atoms with Gasteiger partial charge in [-0.05, 0) is 30.7 Å². The van der Waals surface area contributed by atoms with Crippen LogP contribution in [0.15, 0.2) is 57.4 Å². The van der Waals surface area contributed by atoms with E-state index in [1.807, 2.05) is 24.4 Å². The van der Waals surface area contributed by atoms with Gasteiger partial charge >= 0.3 is 0 Å². The molecule has 0 saturated heterocycles.